The molecule has 1 N–H and O–H groups in total. The van der Waals surface area contributed by atoms with Crippen molar-refractivity contribution in [2.24, 2.45) is 7.05 Å². The number of ether oxygens (including phenoxy) is 1. The Balaban J connectivity index is 1.69. The van der Waals surface area contributed by atoms with Gasteiger partial charge >= 0.3 is 0 Å². The molecule has 0 radical (unpaired) electrons. The van der Waals surface area contributed by atoms with Crippen molar-refractivity contribution in [2.75, 3.05) is 19.7 Å². The summed E-state index contributed by atoms with van der Waals surface area (Å²) in [4.78, 5) is 27.1. The Morgan fingerprint density at radius 3 is 2.71 bits per heavy atom. The van der Waals surface area contributed by atoms with Crippen LogP contribution < -0.4 is 5.32 Å². The highest BCUT2D eigenvalue weighted by atomic mass is 16.5. The van der Waals surface area contributed by atoms with Crippen LogP contribution in [0.1, 0.15) is 48.7 Å². The van der Waals surface area contributed by atoms with Gasteiger partial charge in [0.1, 0.15) is 0 Å². The van der Waals surface area contributed by atoms with Crippen LogP contribution in [0.5, 0.6) is 0 Å². The average Bonchev–Trinajstić information content (AvgIpc) is 3.16. The lowest BCUT2D eigenvalue weighted by atomic mass is 10.0. The third-order valence-corrected chi connectivity index (χ3v) is 4.98. The zero-order valence-corrected chi connectivity index (χ0v) is 14.7. The molecule has 2 amide bonds. The van der Waals surface area contributed by atoms with Gasteiger partial charge in [0.15, 0.2) is 5.60 Å². The van der Waals surface area contributed by atoms with Crippen LogP contribution in [-0.2, 0) is 16.6 Å². The fourth-order valence-electron chi connectivity index (χ4n) is 3.57. The van der Waals surface area contributed by atoms with Crippen molar-refractivity contribution in [1.29, 1.82) is 0 Å². The number of aryl methyl sites for hydroxylation is 2. The van der Waals surface area contributed by atoms with Gasteiger partial charge in [-0.3, -0.25) is 14.3 Å². The topological polar surface area (TPSA) is 76.5 Å². The van der Waals surface area contributed by atoms with Gasteiger partial charge in [0, 0.05) is 25.8 Å². The molecule has 1 saturated carbocycles. The SMILES string of the molecule is Cc1nn(C)cc1C(=O)N1CCO[C@](C)(C(=O)NC2CCCC2)C1. The van der Waals surface area contributed by atoms with Crippen molar-refractivity contribution in [3.63, 3.8) is 0 Å². The van der Waals surface area contributed by atoms with Crippen molar-refractivity contribution in [3.8, 4) is 0 Å². The first-order valence-electron chi connectivity index (χ1n) is 8.63. The van der Waals surface area contributed by atoms with Gasteiger partial charge in [-0.05, 0) is 26.7 Å². The van der Waals surface area contributed by atoms with E-state index in [1.165, 1.54) is 0 Å². The maximum Gasteiger partial charge on any atom is 0.257 e. The zero-order chi connectivity index (χ0) is 17.3. The third kappa shape index (κ3) is 3.31. The summed E-state index contributed by atoms with van der Waals surface area (Å²) in [7, 11) is 1.79. The fourth-order valence-corrected chi connectivity index (χ4v) is 3.57. The van der Waals surface area contributed by atoms with Gasteiger partial charge in [0.2, 0.25) is 0 Å². The van der Waals surface area contributed by atoms with Crippen molar-refractivity contribution < 1.29 is 14.3 Å². The third-order valence-electron chi connectivity index (χ3n) is 4.98. The average molecular weight is 334 g/mol. The summed E-state index contributed by atoms with van der Waals surface area (Å²) in [6, 6.07) is 0.240. The van der Waals surface area contributed by atoms with Crippen LogP contribution in [0.3, 0.4) is 0 Å². The van der Waals surface area contributed by atoms with E-state index in [1.54, 1.807) is 29.7 Å². The van der Waals surface area contributed by atoms with E-state index in [1.807, 2.05) is 6.92 Å². The number of morpholine rings is 1. The molecule has 3 rings (SSSR count). The maximum absolute atomic E-state index is 12.8. The number of hydrogen-bond donors (Lipinski definition) is 1. The highest BCUT2D eigenvalue weighted by Crippen LogP contribution is 2.23. The lowest BCUT2D eigenvalue weighted by molar-refractivity contribution is -0.154. The number of hydrogen-bond acceptors (Lipinski definition) is 4. The van der Waals surface area contributed by atoms with Crippen LogP contribution in [0.15, 0.2) is 6.20 Å². The number of aromatic nitrogens is 2. The molecule has 2 heterocycles. The minimum atomic E-state index is -0.993. The Bertz CT molecular complexity index is 636. The molecule has 0 bridgehead atoms. The lowest BCUT2D eigenvalue weighted by Gasteiger charge is -2.39. The van der Waals surface area contributed by atoms with Gasteiger partial charge in [-0.2, -0.15) is 5.10 Å². The normalized spacial score (nSPS) is 25.0. The Morgan fingerprint density at radius 1 is 1.38 bits per heavy atom. The molecule has 0 unspecified atom stereocenters. The first-order chi connectivity index (χ1) is 11.4. The predicted octanol–water partition coefficient (Wildman–Crippen LogP) is 1.02. The second kappa shape index (κ2) is 6.55. The van der Waals surface area contributed by atoms with Gasteiger partial charge in [0.05, 0.1) is 24.4 Å². The summed E-state index contributed by atoms with van der Waals surface area (Å²) in [6.45, 7) is 4.70. The van der Waals surface area contributed by atoms with Gasteiger partial charge in [0.25, 0.3) is 11.8 Å². The standard InChI is InChI=1S/C17H26N4O3/c1-12-14(10-20(3)19-12)15(22)21-8-9-24-17(2,11-21)16(23)18-13-6-4-5-7-13/h10,13H,4-9,11H2,1-3H3,(H,18,23)/t17-/m0/s1. The smallest absolute Gasteiger partial charge is 0.257 e. The molecule has 1 aromatic rings. The number of carbonyl (C=O) groups excluding carboxylic acids is 2. The van der Waals surface area contributed by atoms with Crippen molar-refractivity contribution in [1.82, 2.24) is 20.0 Å². The number of nitrogens with one attached hydrogen (secondary N) is 1. The number of nitrogens with zero attached hydrogens (tertiary/aromatic N) is 3. The Kier molecular flexibility index (Phi) is 4.62. The minimum Gasteiger partial charge on any atom is -0.362 e. The number of amides is 2. The lowest BCUT2D eigenvalue weighted by Crippen LogP contribution is -2.60. The molecule has 7 nitrogen and oxygen atoms in total. The van der Waals surface area contributed by atoms with Gasteiger partial charge < -0.3 is 15.0 Å². The summed E-state index contributed by atoms with van der Waals surface area (Å²) in [5.74, 6) is -0.210. The second-order valence-electron chi connectivity index (χ2n) is 7.06. The largest absolute Gasteiger partial charge is 0.362 e. The molecule has 1 saturated heterocycles. The zero-order valence-electron chi connectivity index (χ0n) is 14.7. The summed E-state index contributed by atoms with van der Waals surface area (Å²) in [6.07, 6.45) is 6.10. The molecule has 0 spiro atoms. The van der Waals surface area contributed by atoms with E-state index >= 15 is 0 Å². The summed E-state index contributed by atoms with van der Waals surface area (Å²) >= 11 is 0. The maximum atomic E-state index is 12.8. The van der Waals surface area contributed by atoms with Crippen LogP contribution in [0.2, 0.25) is 0 Å². The van der Waals surface area contributed by atoms with E-state index in [0.717, 1.165) is 25.7 Å². The van der Waals surface area contributed by atoms with Crippen LogP contribution in [0.25, 0.3) is 0 Å². The van der Waals surface area contributed by atoms with Crippen LogP contribution in [0.4, 0.5) is 0 Å². The highest BCUT2D eigenvalue weighted by Gasteiger charge is 2.42. The quantitative estimate of drug-likeness (QED) is 0.895. The van der Waals surface area contributed by atoms with E-state index in [0.29, 0.717) is 24.4 Å². The summed E-state index contributed by atoms with van der Waals surface area (Å²) in [5, 5.41) is 7.31. The van der Waals surface area contributed by atoms with Gasteiger partial charge in [-0.15, -0.1) is 0 Å². The molecule has 24 heavy (non-hydrogen) atoms. The van der Waals surface area contributed by atoms with E-state index in [-0.39, 0.29) is 24.4 Å². The molecule has 0 aromatic carbocycles. The molecule has 2 fully saturated rings. The van der Waals surface area contributed by atoms with Crippen LogP contribution in [0, 0.1) is 6.92 Å². The summed E-state index contributed by atoms with van der Waals surface area (Å²) in [5.41, 5.74) is 0.288. The van der Waals surface area contributed by atoms with Crippen molar-refractivity contribution >= 4 is 11.8 Å². The number of rotatable bonds is 3. The molecule has 1 aliphatic heterocycles. The van der Waals surface area contributed by atoms with Gasteiger partial charge in [-0.1, -0.05) is 12.8 Å². The first kappa shape index (κ1) is 17.0. The molecule has 1 aliphatic carbocycles. The first-order valence-corrected chi connectivity index (χ1v) is 8.63. The van der Waals surface area contributed by atoms with Crippen molar-refractivity contribution in [2.45, 2.75) is 51.2 Å². The minimum absolute atomic E-state index is 0.0937. The van der Waals surface area contributed by atoms with Crippen LogP contribution >= 0.6 is 0 Å². The fraction of sp³-hybridized carbons (Fsp3) is 0.706. The second-order valence-corrected chi connectivity index (χ2v) is 7.06. The molecule has 7 heteroatoms. The molecular weight excluding hydrogens is 308 g/mol. The van der Waals surface area contributed by atoms with Crippen LogP contribution in [-0.4, -0.2) is 57.8 Å². The number of carbonyl (C=O) groups is 2. The molecular formula is C17H26N4O3. The van der Waals surface area contributed by atoms with Gasteiger partial charge in [-0.25, -0.2) is 0 Å². The monoisotopic (exact) mass is 334 g/mol. The summed E-state index contributed by atoms with van der Waals surface area (Å²) < 4.78 is 7.40. The molecule has 1 atom stereocenters. The van der Waals surface area contributed by atoms with E-state index in [4.69, 9.17) is 4.74 Å². The Labute approximate surface area is 142 Å². The van der Waals surface area contributed by atoms with E-state index < -0.39 is 5.60 Å². The molecule has 1 aromatic heterocycles. The predicted molar refractivity (Wildman–Crippen MR) is 88.6 cm³/mol. The molecule has 2 aliphatic rings. The molecule has 132 valence electrons. The van der Waals surface area contributed by atoms with Crippen molar-refractivity contribution in [3.05, 3.63) is 17.5 Å². The van der Waals surface area contributed by atoms with E-state index in [9.17, 15) is 9.59 Å². The Morgan fingerprint density at radius 2 is 2.08 bits per heavy atom. The Hall–Kier alpha value is -1.89. The van der Waals surface area contributed by atoms with E-state index in [2.05, 4.69) is 10.4 Å². The highest BCUT2D eigenvalue weighted by molar-refractivity contribution is 5.96.